The molecule has 0 saturated carbocycles. The van der Waals surface area contributed by atoms with Gasteiger partial charge in [-0.1, -0.05) is 6.07 Å². The third-order valence-corrected chi connectivity index (χ3v) is 2.84. The van der Waals surface area contributed by atoms with E-state index >= 15 is 0 Å². The molecule has 0 atom stereocenters. The van der Waals surface area contributed by atoms with Crippen molar-refractivity contribution in [1.29, 1.82) is 0 Å². The highest BCUT2D eigenvalue weighted by Gasteiger charge is 2.13. The summed E-state index contributed by atoms with van der Waals surface area (Å²) in [5.41, 5.74) is -1.40. The van der Waals surface area contributed by atoms with Gasteiger partial charge in [0.05, 0.1) is 0 Å². The first kappa shape index (κ1) is 15.4. The molecule has 3 N–H and O–H groups in total. The van der Waals surface area contributed by atoms with Crippen molar-refractivity contribution in [2.75, 3.05) is 0 Å². The van der Waals surface area contributed by atoms with Gasteiger partial charge >= 0.3 is 5.97 Å². The molecule has 6 nitrogen and oxygen atoms in total. The van der Waals surface area contributed by atoms with Crippen molar-refractivity contribution >= 4 is 11.9 Å². The summed E-state index contributed by atoms with van der Waals surface area (Å²) in [7, 11) is 0. The van der Waals surface area contributed by atoms with Crippen LogP contribution in [-0.4, -0.2) is 22.0 Å². The molecule has 0 aliphatic rings. The van der Waals surface area contributed by atoms with Crippen molar-refractivity contribution in [3.63, 3.8) is 0 Å². The first-order valence-corrected chi connectivity index (χ1v) is 6.06. The third kappa shape index (κ3) is 3.35. The minimum Gasteiger partial charge on any atom is -0.477 e. The van der Waals surface area contributed by atoms with E-state index in [1.165, 1.54) is 6.07 Å². The summed E-state index contributed by atoms with van der Waals surface area (Å²) in [5.74, 6) is -3.71. The van der Waals surface area contributed by atoms with Gasteiger partial charge < -0.3 is 15.4 Å². The first-order valence-electron chi connectivity index (χ1n) is 6.06. The maximum atomic E-state index is 13.4. The van der Waals surface area contributed by atoms with E-state index < -0.39 is 28.9 Å². The van der Waals surface area contributed by atoms with Crippen LogP contribution in [-0.2, 0) is 6.54 Å². The predicted molar refractivity (Wildman–Crippen MR) is 71.6 cm³/mol. The number of amides is 1. The fraction of sp³-hybridized carbons (Fsp3) is 0.0714. The molecule has 8 heteroatoms. The highest BCUT2D eigenvalue weighted by Crippen LogP contribution is 2.09. The van der Waals surface area contributed by atoms with Crippen LogP contribution < -0.4 is 10.7 Å². The summed E-state index contributed by atoms with van der Waals surface area (Å²) in [4.78, 5) is 36.4. The van der Waals surface area contributed by atoms with Gasteiger partial charge in [-0.15, -0.1) is 0 Å². The number of carbonyl (C=O) groups is 2. The number of halogens is 2. The number of nitrogens with one attached hydrogen (secondary N) is 2. The molecular weight excluding hydrogens is 298 g/mol. The molecule has 0 unspecified atom stereocenters. The largest absolute Gasteiger partial charge is 0.477 e. The maximum absolute atomic E-state index is 13.4. The lowest BCUT2D eigenvalue weighted by Gasteiger charge is -2.06. The Morgan fingerprint density at radius 2 is 1.95 bits per heavy atom. The number of hydrogen-bond acceptors (Lipinski definition) is 3. The number of carboxylic acids is 1. The van der Waals surface area contributed by atoms with Gasteiger partial charge in [0.15, 0.2) is 5.43 Å². The Hall–Kier alpha value is -3.03. The number of aromatic nitrogens is 1. The molecule has 1 aromatic carbocycles. The van der Waals surface area contributed by atoms with Crippen LogP contribution in [0.25, 0.3) is 0 Å². The summed E-state index contributed by atoms with van der Waals surface area (Å²) >= 11 is 0. The van der Waals surface area contributed by atoms with E-state index in [1.807, 2.05) is 0 Å². The molecule has 1 amide bonds. The minimum absolute atomic E-state index is 0.0494. The van der Waals surface area contributed by atoms with Gasteiger partial charge in [0.2, 0.25) is 0 Å². The van der Waals surface area contributed by atoms with Crippen LogP contribution in [0.15, 0.2) is 35.3 Å². The van der Waals surface area contributed by atoms with Crippen LogP contribution in [0, 0.1) is 11.6 Å². The normalized spacial score (nSPS) is 10.3. The molecule has 1 heterocycles. The molecule has 0 fully saturated rings. The first-order chi connectivity index (χ1) is 10.4. The number of rotatable bonds is 4. The number of aromatic carboxylic acids is 1. The monoisotopic (exact) mass is 308 g/mol. The zero-order valence-electron chi connectivity index (χ0n) is 11.0. The highest BCUT2D eigenvalue weighted by molar-refractivity contribution is 5.94. The van der Waals surface area contributed by atoms with Crippen LogP contribution in [0.4, 0.5) is 8.78 Å². The van der Waals surface area contributed by atoms with E-state index in [4.69, 9.17) is 5.11 Å². The quantitative estimate of drug-likeness (QED) is 0.792. The number of pyridine rings is 1. The van der Waals surface area contributed by atoms with Crippen molar-refractivity contribution in [3.05, 3.63) is 69.1 Å². The number of carbonyl (C=O) groups excluding carboxylic acids is 1. The molecule has 0 aliphatic heterocycles. The van der Waals surface area contributed by atoms with Crippen molar-refractivity contribution in [1.82, 2.24) is 10.3 Å². The average Bonchev–Trinajstić information content (AvgIpc) is 2.45. The van der Waals surface area contributed by atoms with Gasteiger partial charge in [-0.05, 0) is 6.07 Å². The minimum atomic E-state index is -1.34. The summed E-state index contributed by atoms with van der Waals surface area (Å²) < 4.78 is 26.1. The summed E-state index contributed by atoms with van der Waals surface area (Å²) in [5, 5.41) is 11.0. The zero-order valence-corrected chi connectivity index (χ0v) is 11.0. The highest BCUT2D eigenvalue weighted by atomic mass is 19.1. The van der Waals surface area contributed by atoms with Crippen LogP contribution in [0.2, 0.25) is 0 Å². The summed E-state index contributed by atoms with van der Waals surface area (Å²) in [6.45, 7) is -0.245. The molecule has 22 heavy (non-hydrogen) atoms. The van der Waals surface area contributed by atoms with E-state index in [-0.39, 0.29) is 23.4 Å². The molecule has 0 spiro atoms. The second-order valence-corrected chi connectivity index (χ2v) is 4.35. The van der Waals surface area contributed by atoms with Crippen molar-refractivity contribution in [2.45, 2.75) is 6.54 Å². The lowest BCUT2D eigenvalue weighted by Crippen LogP contribution is -2.29. The number of carboxylic acid groups (broad SMARTS) is 1. The molecule has 2 rings (SSSR count). The topological polar surface area (TPSA) is 99.3 Å². The molecule has 0 saturated heterocycles. The van der Waals surface area contributed by atoms with Gasteiger partial charge in [-0.25, -0.2) is 13.6 Å². The fourth-order valence-electron chi connectivity index (χ4n) is 1.71. The van der Waals surface area contributed by atoms with Gasteiger partial charge in [0.25, 0.3) is 5.91 Å². The molecule has 2 aromatic rings. The van der Waals surface area contributed by atoms with E-state index in [9.17, 15) is 23.2 Å². The Labute approximate surface area is 122 Å². The van der Waals surface area contributed by atoms with Crippen molar-refractivity contribution < 1.29 is 23.5 Å². The van der Waals surface area contributed by atoms with E-state index in [0.717, 1.165) is 18.3 Å². The van der Waals surface area contributed by atoms with E-state index in [1.54, 1.807) is 0 Å². The maximum Gasteiger partial charge on any atom is 0.352 e. The lowest BCUT2D eigenvalue weighted by atomic mass is 10.2. The Morgan fingerprint density at radius 1 is 1.23 bits per heavy atom. The van der Waals surface area contributed by atoms with Crippen LogP contribution in [0.1, 0.15) is 26.4 Å². The second kappa shape index (κ2) is 6.17. The number of aromatic amines is 1. The Bertz CT molecular complexity index is 802. The molecule has 0 radical (unpaired) electrons. The van der Waals surface area contributed by atoms with E-state index in [0.29, 0.717) is 6.07 Å². The Balaban J connectivity index is 2.13. The molecule has 0 bridgehead atoms. The average molecular weight is 308 g/mol. The van der Waals surface area contributed by atoms with Crippen LogP contribution in [0.3, 0.4) is 0 Å². The number of benzene rings is 1. The Morgan fingerprint density at radius 3 is 2.55 bits per heavy atom. The van der Waals surface area contributed by atoms with Crippen LogP contribution in [0.5, 0.6) is 0 Å². The van der Waals surface area contributed by atoms with Crippen LogP contribution >= 0.6 is 0 Å². The lowest BCUT2D eigenvalue weighted by molar-refractivity contribution is 0.0689. The second-order valence-electron chi connectivity index (χ2n) is 4.35. The predicted octanol–water partition coefficient (Wildman–Crippen LogP) is 1.28. The van der Waals surface area contributed by atoms with Gasteiger partial charge in [-0.3, -0.25) is 9.59 Å². The number of H-pyrrole nitrogens is 1. The van der Waals surface area contributed by atoms with E-state index in [2.05, 4.69) is 10.3 Å². The number of hydrogen-bond donors (Lipinski definition) is 3. The zero-order chi connectivity index (χ0) is 16.3. The SMILES string of the molecule is O=C(O)c1cc(=O)c(C(=O)NCc2ccc(F)cc2F)c[nH]1. The van der Waals surface area contributed by atoms with Gasteiger partial charge in [-0.2, -0.15) is 0 Å². The van der Waals surface area contributed by atoms with Gasteiger partial charge in [0, 0.05) is 30.4 Å². The summed E-state index contributed by atoms with van der Waals surface area (Å²) in [6.07, 6.45) is 0.960. The van der Waals surface area contributed by atoms with Crippen molar-refractivity contribution in [2.24, 2.45) is 0 Å². The smallest absolute Gasteiger partial charge is 0.352 e. The summed E-state index contributed by atoms with van der Waals surface area (Å²) in [6, 6.07) is 3.66. The van der Waals surface area contributed by atoms with Crippen molar-refractivity contribution in [3.8, 4) is 0 Å². The molecule has 1 aromatic heterocycles. The standard InChI is InChI=1S/C14H10F2N2O4/c15-8-2-1-7(10(16)3-8)5-18-13(20)9-6-17-11(14(21)22)4-12(9)19/h1-4,6H,5H2,(H,17,19)(H,18,20)(H,21,22). The molecule has 114 valence electrons. The fourth-order valence-corrected chi connectivity index (χ4v) is 1.71. The molecule has 0 aliphatic carbocycles. The van der Waals surface area contributed by atoms with Gasteiger partial charge in [0.1, 0.15) is 22.9 Å². The molecular formula is C14H10F2N2O4. The third-order valence-electron chi connectivity index (χ3n) is 2.84. The Kier molecular flexibility index (Phi) is 4.31.